The van der Waals surface area contributed by atoms with Gasteiger partial charge in [-0.15, -0.1) is 0 Å². The highest BCUT2D eigenvalue weighted by Gasteiger charge is 2.09. The van der Waals surface area contributed by atoms with E-state index in [2.05, 4.69) is 15.6 Å². The van der Waals surface area contributed by atoms with E-state index in [0.717, 1.165) is 11.1 Å². The number of rotatable bonds is 4. The Morgan fingerprint density at radius 1 is 1.12 bits per heavy atom. The van der Waals surface area contributed by atoms with Gasteiger partial charge < -0.3 is 0 Å². The highest BCUT2D eigenvalue weighted by Crippen LogP contribution is 2.16. The molecule has 0 saturated heterocycles. The van der Waals surface area contributed by atoms with Gasteiger partial charge in [0, 0.05) is 0 Å². The second-order valence-corrected chi connectivity index (χ2v) is 5.53. The number of benzene rings is 2. The molecule has 0 aliphatic carbocycles. The number of aromatic nitrogens is 2. The summed E-state index contributed by atoms with van der Waals surface area (Å²) >= 11 is 6.15. The largest absolute Gasteiger partial charge is 0.292 e. The number of aryl methyl sites for hydroxylation is 1. The first-order chi connectivity index (χ1) is 11.7. The van der Waals surface area contributed by atoms with Gasteiger partial charge in [0.05, 0.1) is 18.1 Å². The summed E-state index contributed by atoms with van der Waals surface area (Å²) in [4.78, 5) is 12.4. The molecule has 0 bridgehead atoms. The minimum atomic E-state index is -0.404. The molecule has 120 valence electrons. The van der Waals surface area contributed by atoms with E-state index < -0.39 is 5.56 Å². The Hall–Kier alpha value is -2.92. The van der Waals surface area contributed by atoms with Crippen molar-refractivity contribution in [3.8, 4) is 5.69 Å². The molecule has 0 atom stereocenters. The van der Waals surface area contributed by atoms with Crippen molar-refractivity contribution in [1.29, 1.82) is 0 Å². The molecule has 0 radical (unpaired) electrons. The predicted octanol–water partition coefficient (Wildman–Crippen LogP) is 3.64. The van der Waals surface area contributed by atoms with Crippen LogP contribution in [0, 0.1) is 6.92 Å². The molecule has 5 nitrogen and oxygen atoms in total. The maximum atomic E-state index is 12.4. The van der Waals surface area contributed by atoms with Crippen LogP contribution >= 0.6 is 11.6 Å². The van der Waals surface area contributed by atoms with Gasteiger partial charge in [0.2, 0.25) is 0 Å². The zero-order chi connectivity index (χ0) is 16.9. The van der Waals surface area contributed by atoms with E-state index in [-0.39, 0.29) is 5.02 Å². The molecule has 3 rings (SSSR count). The fraction of sp³-hybridized carbons (Fsp3) is 0.0556. The third kappa shape index (κ3) is 3.36. The lowest BCUT2D eigenvalue weighted by atomic mass is 10.1. The van der Waals surface area contributed by atoms with Crippen LogP contribution in [0.3, 0.4) is 0 Å². The van der Waals surface area contributed by atoms with Crippen molar-refractivity contribution < 1.29 is 0 Å². The molecule has 0 saturated carbocycles. The predicted molar refractivity (Wildman–Crippen MR) is 97.2 cm³/mol. The molecule has 1 heterocycles. The third-order valence-electron chi connectivity index (χ3n) is 3.50. The number of hydrogen-bond acceptors (Lipinski definition) is 4. The Balaban J connectivity index is 1.84. The SMILES string of the molecule is Cc1ccccc1/C=N/Nc1cnn(-c2ccccc2)c(=O)c1Cl. The van der Waals surface area contributed by atoms with Gasteiger partial charge in [-0.05, 0) is 30.2 Å². The van der Waals surface area contributed by atoms with Crippen LogP contribution in [0.2, 0.25) is 5.02 Å². The van der Waals surface area contributed by atoms with Crippen LogP contribution in [-0.4, -0.2) is 16.0 Å². The first-order valence-corrected chi connectivity index (χ1v) is 7.72. The van der Waals surface area contributed by atoms with Crippen LogP contribution < -0.4 is 11.0 Å². The van der Waals surface area contributed by atoms with Gasteiger partial charge in [-0.25, -0.2) is 0 Å². The van der Waals surface area contributed by atoms with Crippen LogP contribution in [0.5, 0.6) is 0 Å². The van der Waals surface area contributed by atoms with E-state index in [4.69, 9.17) is 11.6 Å². The highest BCUT2D eigenvalue weighted by molar-refractivity contribution is 6.32. The van der Waals surface area contributed by atoms with Crippen LogP contribution in [0.4, 0.5) is 5.69 Å². The van der Waals surface area contributed by atoms with Crippen LogP contribution in [0.25, 0.3) is 5.69 Å². The van der Waals surface area contributed by atoms with Gasteiger partial charge >= 0.3 is 0 Å². The molecular formula is C18H15ClN4O. The smallest absolute Gasteiger partial charge is 0.275 e. The summed E-state index contributed by atoms with van der Waals surface area (Å²) in [6, 6.07) is 16.9. The molecular weight excluding hydrogens is 324 g/mol. The third-order valence-corrected chi connectivity index (χ3v) is 3.86. The van der Waals surface area contributed by atoms with Crippen molar-refractivity contribution >= 4 is 23.5 Å². The zero-order valence-electron chi connectivity index (χ0n) is 13.0. The zero-order valence-corrected chi connectivity index (χ0v) is 13.7. The summed E-state index contributed by atoms with van der Waals surface area (Å²) in [5.41, 5.74) is 5.46. The lowest BCUT2D eigenvalue weighted by Crippen LogP contribution is -2.22. The Bertz CT molecular complexity index is 935. The maximum Gasteiger partial charge on any atom is 0.292 e. The van der Waals surface area contributed by atoms with Gasteiger partial charge in [-0.3, -0.25) is 10.2 Å². The Kier molecular flexibility index (Phi) is 4.72. The molecule has 1 N–H and O–H groups in total. The fourth-order valence-corrected chi connectivity index (χ4v) is 2.34. The van der Waals surface area contributed by atoms with E-state index in [0.29, 0.717) is 11.4 Å². The average Bonchev–Trinajstić information content (AvgIpc) is 2.61. The van der Waals surface area contributed by atoms with Crippen LogP contribution in [0.15, 0.2) is 70.7 Å². The Labute approximate surface area is 144 Å². The fourth-order valence-electron chi connectivity index (χ4n) is 2.17. The highest BCUT2D eigenvalue weighted by atomic mass is 35.5. The summed E-state index contributed by atoms with van der Waals surface area (Å²) in [6.07, 6.45) is 3.15. The van der Waals surface area contributed by atoms with Crippen molar-refractivity contribution in [2.75, 3.05) is 5.43 Å². The summed E-state index contributed by atoms with van der Waals surface area (Å²) in [5, 5.41) is 8.30. The van der Waals surface area contributed by atoms with Gasteiger partial charge in [0.1, 0.15) is 10.7 Å². The number of nitrogens with one attached hydrogen (secondary N) is 1. The maximum absolute atomic E-state index is 12.4. The van der Waals surface area contributed by atoms with Crippen molar-refractivity contribution in [3.63, 3.8) is 0 Å². The number of anilines is 1. The molecule has 0 fully saturated rings. The topological polar surface area (TPSA) is 59.3 Å². The van der Waals surface area contributed by atoms with E-state index in [9.17, 15) is 4.79 Å². The lowest BCUT2D eigenvalue weighted by Gasteiger charge is -2.07. The molecule has 0 amide bonds. The molecule has 6 heteroatoms. The number of hydrazone groups is 1. The van der Waals surface area contributed by atoms with Crippen LogP contribution in [0.1, 0.15) is 11.1 Å². The van der Waals surface area contributed by atoms with Gasteiger partial charge in [0.15, 0.2) is 0 Å². The normalized spacial score (nSPS) is 10.9. The van der Waals surface area contributed by atoms with Crippen molar-refractivity contribution in [1.82, 2.24) is 9.78 Å². The molecule has 1 aromatic heterocycles. The molecule has 3 aromatic rings. The Morgan fingerprint density at radius 3 is 2.58 bits per heavy atom. The summed E-state index contributed by atoms with van der Waals surface area (Å²) < 4.78 is 1.25. The summed E-state index contributed by atoms with van der Waals surface area (Å²) in [6.45, 7) is 2.00. The molecule has 24 heavy (non-hydrogen) atoms. The number of nitrogens with zero attached hydrogens (tertiary/aromatic N) is 3. The van der Waals surface area contributed by atoms with E-state index in [1.807, 2.05) is 49.4 Å². The number of para-hydroxylation sites is 1. The minimum Gasteiger partial charge on any atom is -0.275 e. The number of halogens is 1. The molecule has 0 aliphatic heterocycles. The van der Waals surface area contributed by atoms with Crippen molar-refractivity contribution in [2.45, 2.75) is 6.92 Å². The standard InChI is InChI=1S/C18H15ClN4O/c1-13-7-5-6-8-14(13)11-20-22-16-12-21-23(18(24)17(16)19)15-9-3-2-4-10-15/h2-12,22H,1H3/b20-11+. The van der Waals surface area contributed by atoms with Gasteiger partial charge in [0.25, 0.3) is 5.56 Å². The van der Waals surface area contributed by atoms with E-state index >= 15 is 0 Å². The van der Waals surface area contributed by atoms with Crippen molar-refractivity contribution in [2.24, 2.45) is 5.10 Å². The molecule has 0 aliphatic rings. The second-order valence-electron chi connectivity index (χ2n) is 5.15. The molecule has 0 spiro atoms. The quantitative estimate of drug-likeness (QED) is 0.583. The van der Waals surface area contributed by atoms with Gasteiger partial charge in [-0.2, -0.15) is 14.9 Å². The first-order valence-electron chi connectivity index (χ1n) is 7.35. The average molecular weight is 339 g/mol. The lowest BCUT2D eigenvalue weighted by molar-refractivity contribution is 0.808. The monoisotopic (exact) mass is 338 g/mol. The summed E-state index contributed by atoms with van der Waals surface area (Å²) in [5.74, 6) is 0. The minimum absolute atomic E-state index is 0.0378. The first kappa shape index (κ1) is 16.0. The van der Waals surface area contributed by atoms with E-state index in [1.54, 1.807) is 18.3 Å². The number of hydrogen-bond donors (Lipinski definition) is 1. The molecule has 2 aromatic carbocycles. The summed E-state index contributed by atoms with van der Waals surface area (Å²) in [7, 11) is 0. The van der Waals surface area contributed by atoms with E-state index in [1.165, 1.54) is 10.9 Å². The second kappa shape index (κ2) is 7.10. The Morgan fingerprint density at radius 2 is 1.83 bits per heavy atom. The van der Waals surface area contributed by atoms with Gasteiger partial charge in [-0.1, -0.05) is 54.1 Å². The van der Waals surface area contributed by atoms with Crippen molar-refractivity contribution in [3.05, 3.63) is 87.3 Å². The van der Waals surface area contributed by atoms with Crippen LogP contribution in [-0.2, 0) is 0 Å². The molecule has 0 unspecified atom stereocenters.